The Morgan fingerprint density at radius 1 is 1.15 bits per heavy atom. The summed E-state index contributed by atoms with van der Waals surface area (Å²) in [5, 5.41) is 22.8. The third kappa shape index (κ3) is 5.08. The van der Waals surface area contributed by atoms with E-state index < -0.39 is 6.10 Å². The first-order valence-corrected chi connectivity index (χ1v) is 9.94. The predicted molar refractivity (Wildman–Crippen MR) is 107 cm³/mol. The van der Waals surface area contributed by atoms with E-state index in [0.717, 1.165) is 23.4 Å². The van der Waals surface area contributed by atoms with Gasteiger partial charge in [0.1, 0.15) is 12.4 Å². The molecule has 142 valence electrons. The molecule has 0 aliphatic rings. The molecule has 1 heterocycles. The number of benzene rings is 2. The summed E-state index contributed by atoms with van der Waals surface area (Å²) in [7, 11) is 0. The SMILES string of the molecule is CCc1ccc(OCC(O)CSc2nnnn2-c2ccc(C)cc2C)cc1. The first-order chi connectivity index (χ1) is 13.1. The molecule has 6 nitrogen and oxygen atoms in total. The maximum atomic E-state index is 10.2. The van der Waals surface area contributed by atoms with E-state index in [1.807, 2.05) is 43.3 Å². The fraction of sp³-hybridized carbons (Fsp3) is 0.350. The number of tetrazole rings is 1. The molecule has 0 aliphatic heterocycles. The Morgan fingerprint density at radius 2 is 1.93 bits per heavy atom. The molecule has 0 aliphatic carbocycles. The number of aryl methyl sites for hydroxylation is 3. The van der Waals surface area contributed by atoms with Gasteiger partial charge in [0.05, 0.1) is 11.8 Å². The van der Waals surface area contributed by atoms with Crippen LogP contribution in [0.15, 0.2) is 47.6 Å². The quantitative estimate of drug-likeness (QED) is 0.600. The van der Waals surface area contributed by atoms with Crippen molar-refractivity contribution < 1.29 is 9.84 Å². The summed E-state index contributed by atoms with van der Waals surface area (Å²) in [5.41, 5.74) is 4.49. The van der Waals surface area contributed by atoms with Crippen LogP contribution in [0, 0.1) is 13.8 Å². The first-order valence-electron chi connectivity index (χ1n) is 8.95. The van der Waals surface area contributed by atoms with Crippen LogP contribution in [0.5, 0.6) is 5.75 Å². The number of nitrogens with zero attached hydrogens (tertiary/aromatic N) is 4. The molecule has 3 aromatic rings. The maximum absolute atomic E-state index is 10.2. The second kappa shape index (κ2) is 9.01. The summed E-state index contributed by atoms with van der Waals surface area (Å²) in [6, 6.07) is 14.1. The van der Waals surface area contributed by atoms with Gasteiger partial charge in [-0.25, -0.2) is 0 Å². The molecule has 1 aromatic heterocycles. The van der Waals surface area contributed by atoms with E-state index in [-0.39, 0.29) is 6.61 Å². The Morgan fingerprint density at radius 3 is 2.63 bits per heavy atom. The van der Waals surface area contributed by atoms with E-state index in [4.69, 9.17) is 4.74 Å². The number of rotatable bonds is 8. The molecule has 7 heteroatoms. The van der Waals surface area contributed by atoms with Crippen molar-refractivity contribution in [2.24, 2.45) is 0 Å². The van der Waals surface area contributed by atoms with Crippen LogP contribution >= 0.6 is 11.8 Å². The van der Waals surface area contributed by atoms with Gasteiger partial charge in [-0.3, -0.25) is 0 Å². The predicted octanol–water partition coefficient (Wildman–Crippen LogP) is 3.37. The van der Waals surface area contributed by atoms with Gasteiger partial charge in [0.15, 0.2) is 0 Å². The second-order valence-electron chi connectivity index (χ2n) is 6.44. The molecule has 0 saturated carbocycles. The molecule has 27 heavy (non-hydrogen) atoms. The maximum Gasteiger partial charge on any atom is 0.214 e. The number of thioether (sulfide) groups is 1. The fourth-order valence-electron chi connectivity index (χ4n) is 2.70. The average molecular weight is 385 g/mol. The lowest BCUT2D eigenvalue weighted by Crippen LogP contribution is -2.20. The molecular formula is C20H24N4O2S. The third-order valence-corrected chi connectivity index (χ3v) is 5.26. The van der Waals surface area contributed by atoms with Crippen LogP contribution in [-0.4, -0.2) is 43.8 Å². The summed E-state index contributed by atoms with van der Waals surface area (Å²) in [6.07, 6.45) is 0.374. The molecular weight excluding hydrogens is 360 g/mol. The molecule has 1 N–H and O–H groups in total. The van der Waals surface area contributed by atoms with Crippen molar-refractivity contribution >= 4 is 11.8 Å². The standard InChI is InChI=1S/C20H24N4O2S/c1-4-16-6-8-18(9-7-16)26-12-17(25)13-27-20-21-22-23-24(20)19-10-5-14(2)11-15(19)3/h5-11,17,25H,4,12-13H2,1-3H3. The van der Waals surface area contributed by atoms with E-state index in [0.29, 0.717) is 10.9 Å². The van der Waals surface area contributed by atoms with Crippen molar-refractivity contribution in [2.75, 3.05) is 12.4 Å². The third-order valence-electron chi connectivity index (χ3n) is 4.20. The van der Waals surface area contributed by atoms with Gasteiger partial charge < -0.3 is 9.84 Å². The number of hydrogen-bond acceptors (Lipinski definition) is 6. The lowest BCUT2D eigenvalue weighted by Gasteiger charge is -2.13. The number of aromatic nitrogens is 4. The molecule has 0 radical (unpaired) electrons. The Bertz CT molecular complexity index is 880. The van der Waals surface area contributed by atoms with Crippen molar-refractivity contribution in [3.05, 3.63) is 59.2 Å². The number of ether oxygens (including phenoxy) is 1. The van der Waals surface area contributed by atoms with Gasteiger partial charge >= 0.3 is 0 Å². The van der Waals surface area contributed by atoms with Crippen molar-refractivity contribution in [2.45, 2.75) is 38.5 Å². The van der Waals surface area contributed by atoms with E-state index in [1.54, 1.807) is 4.68 Å². The highest BCUT2D eigenvalue weighted by atomic mass is 32.2. The zero-order valence-electron chi connectivity index (χ0n) is 15.8. The monoisotopic (exact) mass is 384 g/mol. The van der Waals surface area contributed by atoms with Gasteiger partial charge in [-0.1, -0.05) is 48.5 Å². The average Bonchev–Trinajstić information content (AvgIpc) is 3.13. The Kier molecular flexibility index (Phi) is 6.47. The molecule has 1 atom stereocenters. The Labute approximate surface area is 163 Å². The van der Waals surface area contributed by atoms with Gasteiger partial charge in [-0.15, -0.1) is 5.10 Å². The zero-order valence-corrected chi connectivity index (χ0v) is 16.6. The zero-order chi connectivity index (χ0) is 19.2. The molecule has 0 spiro atoms. The fourth-order valence-corrected chi connectivity index (χ4v) is 3.48. The van der Waals surface area contributed by atoms with Crippen LogP contribution in [-0.2, 0) is 6.42 Å². The highest BCUT2D eigenvalue weighted by Crippen LogP contribution is 2.22. The minimum Gasteiger partial charge on any atom is -0.491 e. The van der Waals surface area contributed by atoms with Crippen LogP contribution in [0.3, 0.4) is 0 Å². The minimum absolute atomic E-state index is 0.226. The molecule has 0 amide bonds. The minimum atomic E-state index is -0.620. The van der Waals surface area contributed by atoms with Crippen LogP contribution < -0.4 is 4.74 Å². The number of aliphatic hydroxyl groups excluding tert-OH is 1. The van der Waals surface area contributed by atoms with Crippen molar-refractivity contribution in [1.82, 2.24) is 20.2 Å². The normalized spacial score (nSPS) is 12.1. The molecule has 0 saturated heterocycles. The molecule has 0 bridgehead atoms. The van der Waals surface area contributed by atoms with Crippen molar-refractivity contribution in [3.8, 4) is 11.4 Å². The highest BCUT2D eigenvalue weighted by molar-refractivity contribution is 7.99. The lowest BCUT2D eigenvalue weighted by molar-refractivity contribution is 0.126. The molecule has 1 unspecified atom stereocenters. The van der Waals surface area contributed by atoms with Crippen LogP contribution in [0.2, 0.25) is 0 Å². The summed E-state index contributed by atoms with van der Waals surface area (Å²) >= 11 is 1.41. The first kappa shape index (κ1) is 19.4. The largest absolute Gasteiger partial charge is 0.491 e. The van der Waals surface area contributed by atoms with E-state index in [1.165, 1.54) is 22.9 Å². The van der Waals surface area contributed by atoms with Crippen molar-refractivity contribution in [3.63, 3.8) is 0 Å². The van der Waals surface area contributed by atoms with Gasteiger partial charge in [-0.05, 0) is 60.0 Å². The summed E-state index contributed by atoms with van der Waals surface area (Å²) in [6.45, 7) is 6.43. The molecule has 2 aromatic carbocycles. The molecule has 3 rings (SSSR count). The van der Waals surface area contributed by atoms with E-state index in [9.17, 15) is 5.11 Å². The summed E-state index contributed by atoms with van der Waals surface area (Å²) in [5.74, 6) is 1.20. The Balaban J connectivity index is 1.56. The highest BCUT2D eigenvalue weighted by Gasteiger charge is 2.14. The number of aliphatic hydroxyl groups is 1. The van der Waals surface area contributed by atoms with Gasteiger partial charge in [0, 0.05) is 5.75 Å². The number of hydrogen-bond donors (Lipinski definition) is 1. The van der Waals surface area contributed by atoms with Crippen LogP contribution in [0.4, 0.5) is 0 Å². The van der Waals surface area contributed by atoms with Gasteiger partial charge in [-0.2, -0.15) is 4.68 Å². The van der Waals surface area contributed by atoms with Crippen LogP contribution in [0.1, 0.15) is 23.6 Å². The second-order valence-corrected chi connectivity index (χ2v) is 7.42. The molecule has 0 fully saturated rings. The lowest BCUT2D eigenvalue weighted by atomic mass is 10.1. The van der Waals surface area contributed by atoms with Crippen LogP contribution in [0.25, 0.3) is 5.69 Å². The Hall–Kier alpha value is -2.38. The summed E-state index contributed by atoms with van der Waals surface area (Å²) < 4.78 is 7.37. The van der Waals surface area contributed by atoms with Gasteiger partial charge in [0.25, 0.3) is 0 Å². The topological polar surface area (TPSA) is 73.1 Å². The smallest absolute Gasteiger partial charge is 0.214 e. The van der Waals surface area contributed by atoms with E-state index in [2.05, 4.69) is 35.4 Å². The van der Waals surface area contributed by atoms with E-state index >= 15 is 0 Å². The van der Waals surface area contributed by atoms with Gasteiger partial charge in [0.2, 0.25) is 5.16 Å². The van der Waals surface area contributed by atoms with Crippen molar-refractivity contribution in [1.29, 1.82) is 0 Å². The summed E-state index contributed by atoms with van der Waals surface area (Å²) in [4.78, 5) is 0.